The van der Waals surface area contributed by atoms with Gasteiger partial charge in [-0.05, 0) is 30.7 Å². The number of ether oxygens (including phenoxy) is 1. The van der Waals surface area contributed by atoms with Gasteiger partial charge in [0.2, 0.25) is 0 Å². The molecule has 0 saturated carbocycles. The van der Waals surface area contributed by atoms with E-state index in [1.54, 1.807) is 36.4 Å². The van der Waals surface area contributed by atoms with Gasteiger partial charge in [-0.3, -0.25) is 4.79 Å². The van der Waals surface area contributed by atoms with Gasteiger partial charge in [0.05, 0.1) is 13.0 Å². The van der Waals surface area contributed by atoms with E-state index in [4.69, 9.17) is 9.84 Å². The summed E-state index contributed by atoms with van der Waals surface area (Å²) in [5.41, 5.74) is 1.38. The number of carboxylic acid groups (broad SMARTS) is 1. The van der Waals surface area contributed by atoms with E-state index in [1.807, 2.05) is 12.2 Å². The molecule has 0 spiro atoms. The van der Waals surface area contributed by atoms with Crippen molar-refractivity contribution >= 4 is 11.9 Å². The molecule has 1 atom stereocenters. The van der Waals surface area contributed by atoms with E-state index < -0.39 is 30.5 Å². The highest BCUT2D eigenvalue weighted by molar-refractivity contribution is 5.97. The molecule has 27 heavy (non-hydrogen) atoms. The number of rotatable bonds is 7. The topological polar surface area (TPSA) is 75.6 Å². The molecule has 0 aliphatic carbocycles. The van der Waals surface area contributed by atoms with Crippen molar-refractivity contribution in [1.29, 1.82) is 0 Å². The number of aliphatic carboxylic acids is 1. The van der Waals surface area contributed by atoms with E-state index >= 15 is 0 Å². The maximum absolute atomic E-state index is 12.5. The number of carbonyl (C=O) groups is 2. The van der Waals surface area contributed by atoms with E-state index in [-0.39, 0.29) is 5.56 Å². The largest absolute Gasteiger partial charge is 0.493 e. The zero-order chi connectivity index (χ0) is 20.0. The van der Waals surface area contributed by atoms with Gasteiger partial charge in [-0.2, -0.15) is 13.2 Å². The number of nitrogens with one attached hydrogen (secondary N) is 1. The lowest BCUT2D eigenvalue weighted by molar-refractivity contribution is -0.157. The number of benzene rings is 2. The fraction of sp³-hybridized carbons (Fsp3) is 0.263. The van der Waals surface area contributed by atoms with Crippen molar-refractivity contribution in [3.8, 4) is 16.9 Å². The van der Waals surface area contributed by atoms with Crippen LogP contribution in [0.2, 0.25) is 0 Å². The molecule has 0 saturated heterocycles. The van der Waals surface area contributed by atoms with Crippen molar-refractivity contribution in [2.24, 2.45) is 0 Å². The van der Waals surface area contributed by atoms with Gasteiger partial charge in [0.15, 0.2) is 0 Å². The monoisotopic (exact) mass is 381 g/mol. The number of carbonyl (C=O) groups excluding carboxylic acids is 1. The molecule has 2 N–H and O–H groups in total. The molecule has 0 aromatic heterocycles. The van der Waals surface area contributed by atoms with Crippen LogP contribution < -0.4 is 10.1 Å². The normalized spacial score (nSPS) is 12.3. The van der Waals surface area contributed by atoms with Gasteiger partial charge in [0, 0.05) is 11.1 Å². The molecule has 2 aromatic carbocycles. The summed E-state index contributed by atoms with van der Waals surface area (Å²) in [5, 5.41) is 10.8. The fourth-order valence-corrected chi connectivity index (χ4v) is 2.49. The minimum Gasteiger partial charge on any atom is -0.493 e. The van der Waals surface area contributed by atoms with E-state index in [2.05, 4.69) is 0 Å². The number of carboxylic acids is 1. The van der Waals surface area contributed by atoms with Crippen molar-refractivity contribution < 1.29 is 32.6 Å². The lowest BCUT2D eigenvalue weighted by Gasteiger charge is -2.17. The third kappa shape index (κ3) is 5.73. The Morgan fingerprint density at radius 1 is 1.15 bits per heavy atom. The number of para-hydroxylation sites is 1. The molecule has 0 radical (unpaired) electrons. The van der Waals surface area contributed by atoms with Crippen molar-refractivity contribution in [3.63, 3.8) is 0 Å². The molecule has 1 unspecified atom stereocenters. The van der Waals surface area contributed by atoms with Crippen LogP contribution in [0.25, 0.3) is 11.1 Å². The summed E-state index contributed by atoms with van der Waals surface area (Å²) in [6, 6.07) is 11.2. The Labute approximate surface area is 153 Å². The maximum atomic E-state index is 12.5. The van der Waals surface area contributed by atoms with E-state index in [1.165, 1.54) is 12.1 Å². The summed E-state index contributed by atoms with van der Waals surface area (Å²) < 4.78 is 43.0. The summed E-state index contributed by atoms with van der Waals surface area (Å²) >= 11 is 0. The second-order valence-corrected chi connectivity index (χ2v) is 5.69. The quantitative estimate of drug-likeness (QED) is 0.763. The van der Waals surface area contributed by atoms with Crippen LogP contribution in [0.4, 0.5) is 13.2 Å². The Hall–Kier alpha value is -3.03. The third-order valence-corrected chi connectivity index (χ3v) is 3.66. The van der Waals surface area contributed by atoms with Gasteiger partial charge in [-0.15, -0.1) is 0 Å². The third-order valence-electron chi connectivity index (χ3n) is 3.66. The van der Waals surface area contributed by atoms with Gasteiger partial charge in [-0.1, -0.05) is 30.3 Å². The van der Waals surface area contributed by atoms with Crippen LogP contribution in [0.3, 0.4) is 0 Å². The molecule has 2 rings (SSSR count). The lowest BCUT2D eigenvalue weighted by atomic mass is 10.0. The first-order valence-electron chi connectivity index (χ1n) is 8.14. The van der Waals surface area contributed by atoms with Gasteiger partial charge in [-0.25, -0.2) is 4.79 Å². The summed E-state index contributed by atoms with van der Waals surface area (Å²) in [6.07, 6.45) is -6.37. The van der Waals surface area contributed by atoms with Crippen LogP contribution in [0.5, 0.6) is 5.75 Å². The molecule has 1 amide bonds. The summed E-state index contributed by atoms with van der Waals surface area (Å²) in [6.45, 7) is 2.27. The molecule has 2 aromatic rings. The van der Waals surface area contributed by atoms with Crippen molar-refractivity contribution in [1.82, 2.24) is 5.32 Å². The molecule has 0 bridgehead atoms. The van der Waals surface area contributed by atoms with Crippen LogP contribution in [0.1, 0.15) is 23.7 Å². The Morgan fingerprint density at radius 3 is 2.48 bits per heavy atom. The predicted octanol–water partition coefficient (Wildman–Crippen LogP) is 3.89. The highest BCUT2D eigenvalue weighted by Gasteiger charge is 2.36. The molecule has 0 aliphatic rings. The first-order chi connectivity index (χ1) is 12.7. The molecular weight excluding hydrogens is 363 g/mol. The minimum atomic E-state index is -4.71. The molecule has 0 aliphatic heterocycles. The van der Waals surface area contributed by atoms with Gasteiger partial charge in [0.25, 0.3) is 5.91 Å². The molecule has 5 nitrogen and oxygen atoms in total. The Kier molecular flexibility index (Phi) is 6.44. The predicted molar refractivity (Wildman–Crippen MR) is 92.6 cm³/mol. The van der Waals surface area contributed by atoms with Crippen molar-refractivity contribution in [3.05, 3.63) is 54.1 Å². The molecule has 8 heteroatoms. The smallest absolute Gasteiger partial charge is 0.391 e. The maximum Gasteiger partial charge on any atom is 0.391 e. The molecule has 144 valence electrons. The van der Waals surface area contributed by atoms with E-state index in [0.29, 0.717) is 23.5 Å². The second kappa shape index (κ2) is 8.57. The number of hydrogen-bond acceptors (Lipinski definition) is 3. The average Bonchev–Trinajstić information content (AvgIpc) is 2.61. The number of hydrogen-bond donors (Lipinski definition) is 2. The van der Waals surface area contributed by atoms with Crippen molar-refractivity contribution in [2.75, 3.05) is 6.61 Å². The van der Waals surface area contributed by atoms with Crippen molar-refractivity contribution in [2.45, 2.75) is 25.6 Å². The number of halogens is 3. The summed E-state index contributed by atoms with van der Waals surface area (Å²) in [7, 11) is 0. The highest BCUT2D eigenvalue weighted by atomic mass is 19.4. The average molecular weight is 381 g/mol. The van der Waals surface area contributed by atoms with Crippen LogP contribution >= 0.6 is 0 Å². The Balaban J connectivity index is 2.26. The zero-order valence-electron chi connectivity index (χ0n) is 14.4. The first-order valence-corrected chi connectivity index (χ1v) is 8.14. The van der Waals surface area contributed by atoms with Gasteiger partial charge in [0.1, 0.15) is 11.8 Å². The molecule has 0 heterocycles. The fourth-order valence-electron chi connectivity index (χ4n) is 2.49. The van der Waals surface area contributed by atoms with Crippen LogP contribution in [0, 0.1) is 0 Å². The standard InChI is InChI=1S/C19H18F3NO4/c1-2-27-16-9-4-3-8-14(16)12-6-5-7-13(10-12)17(24)23-15(18(25)26)11-19(20,21)22/h3-10,15H,2,11H2,1H3,(H,23,24)(H,25,26). The second-order valence-electron chi connectivity index (χ2n) is 5.69. The van der Waals surface area contributed by atoms with Crippen LogP contribution in [-0.4, -0.2) is 35.8 Å². The minimum absolute atomic E-state index is 0.0484. The van der Waals surface area contributed by atoms with Gasteiger partial charge >= 0.3 is 12.1 Å². The zero-order valence-corrected chi connectivity index (χ0v) is 14.4. The molecule has 0 fully saturated rings. The van der Waals surface area contributed by atoms with Crippen LogP contribution in [0.15, 0.2) is 48.5 Å². The SMILES string of the molecule is CCOc1ccccc1-c1cccc(C(=O)NC(CC(F)(F)F)C(=O)O)c1. The Bertz CT molecular complexity index is 821. The van der Waals surface area contributed by atoms with Gasteiger partial charge < -0.3 is 15.2 Å². The van der Waals surface area contributed by atoms with Crippen LogP contribution in [-0.2, 0) is 4.79 Å². The first kappa shape index (κ1) is 20.3. The number of amides is 1. The van der Waals surface area contributed by atoms with E-state index in [9.17, 15) is 22.8 Å². The lowest BCUT2D eigenvalue weighted by Crippen LogP contribution is -2.43. The highest BCUT2D eigenvalue weighted by Crippen LogP contribution is 2.30. The number of alkyl halides is 3. The summed E-state index contributed by atoms with van der Waals surface area (Å²) in [5.74, 6) is -2.06. The summed E-state index contributed by atoms with van der Waals surface area (Å²) in [4.78, 5) is 23.3. The molecular formula is C19H18F3NO4. The Morgan fingerprint density at radius 2 is 1.85 bits per heavy atom. The van der Waals surface area contributed by atoms with E-state index in [0.717, 1.165) is 0 Å².